The Labute approximate surface area is 101 Å². The molecular formula is C12H16N4O. The Hall–Kier alpha value is -1.67. The van der Waals surface area contributed by atoms with Crippen LogP contribution in [0.3, 0.4) is 0 Å². The zero-order valence-electron chi connectivity index (χ0n) is 9.94. The molecule has 1 aliphatic rings. The summed E-state index contributed by atoms with van der Waals surface area (Å²) in [6.45, 7) is 4.64. The summed E-state index contributed by atoms with van der Waals surface area (Å²) in [6, 6.07) is 3.77. The van der Waals surface area contributed by atoms with Crippen LogP contribution in [0.1, 0.15) is 25.3 Å². The van der Waals surface area contributed by atoms with E-state index in [9.17, 15) is 0 Å². The van der Waals surface area contributed by atoms with Gasteiger partial charge in [0.1, 0.15) is 6.07 Å². The summed E-state index contributed by atoms with van der Waals surface area (Å²) in [5.41, 5.74) is 0.748. The fourth-order valence-corrected chi connectivity index (χ4v) is 1.89. The van der Waals surface area contributed by atoms with Crippen molar-refractivity contribution in [3.8, 4) is 6.07 Å². The van der Waals surface area contributed by atoms with Crippen LogP contribution in [0.25, 0.3) is 0 Å². The van der Waals surface area contributed by atoms with Gasteiger partial charge < -0.3 is 10.1 Å². The van der Waals surface area contributed by atoms with E-state index in [1.54, 1.807) is 6.07 Å². The van der Waals surface area contributed by atoms with Crippen LogP contribution in [0, 0.1) is 16.7 Å². The molecule has 1 saturated heterocycles. The highest BCUT2D eigenvalue weighted by molar-refractivity contribution is 5.50. The maximum Gasteiger partial charge on any atom is 0.166 e. The molecule has 1 aliphatic heterocycles. The van der Waals surface area contributed by atoms with E-state index >= 15 is 0 Å². The van der Waals surface area contributed by atoms with Gasteiger partial charge >= 0.3 is 0 Å². The van der Waals surface area contributed by atoms with E-state index in [4.69, 9.17) is 10.00 Å². The minimum Gasteiger partial charge on any atom is -0.381 e. The largest absolute Gasteiger partial charge is 0.381 e. The van der Waals surface area contributed by atoms with Crippen LogP contribution in [-0.2, 0) is 4.74 Å². The molecule has 1 fully saturated rings. The molecule has 5 nitrogen and oxygen atoms in total. The SMILES string of the molecule is CC1(CNc2nnccc2C#N)CCOCC1. The first kappa shape index (κ1) is 11.8. The predicted molar refractivity (Wildman–Crippen MR) is 63.4 cm³/mol. The average Bonchev–Trinajstić information content (AvgIpc) is 2.38. The zero-order valence-corrected chi connectivity index (χ0v) is 9.94. The van der Waals surface area contributed by atoms with Gasteiger partial charge in [-0.15, -0.1) is 5.10 Å². The van der Waals surface area contributed by atoms with Crippen molar-refractivity contribution in [1.82, 2.24) is 10.2 Å². The average molecular weight is 232 g/mol. The van der Waals surface area contributed by atoms with E-state index in [1.165, 1.54) is 6.20 Å². The maximum absolute atomic E-state index is 8.94. The summed E-state index contributed by atoms with van der Waals surface area (Å²) in [6.07, 6.45) is 3.59. The van der Waals surface area contributed by atoms with Gasteiger partial charge in [-0.25, -0.2) is 0 Å². The quantitative estimate of drug-likeness (QED) is 0.856. The van der Waals surface area contributed by atoms with Gasteiger partial charge in [-0.05, 0) is 24.3 Å². The fourth-order valence-electron chi connectivity index (χ4n) is 1.89. The minimum absolute atomic E-state index is 0.211. The number of hydrogen-bond acceptors (Lipinski definition) is 5. The first-order valence-corrected chi connectivity index (χ1v) is 5.77. The van der Waals surface area contributed by atoms with E-state index in [2.05, 4.69) is 28.5 Å². The smallest absolute Gasteiger partial charge is 0.166 e. The van der Waals surface area contributed by atoms with Crippen molar-refractivity contribution >= 4 is 5.82 Å². The maximum atomic E-state index is 8.94. The Kier molecular flexibility index (Phi) is 3.55. The molecule has 0 aromatic carbocycles. The van der Waals surface area contributed by atoms with Crippen LogP contribution in [0.2, 0.25) is 0 Å². The molecule has 2 heterocycles. The third-order valence-electron chi connectivity index (χ3n) is 3.22. The molecular weight excluding hydrogens is 216 g/mol. The van der Waals surface area contributed by atoms with Gasteiger partial charge in [0.05, 0.1) is 11.8 Å². The van der Waals surface area contributed by atoms with Gasteiger partial charge in [0.2, 0.25) is 0 Å². The second kappa shape index (κ2) is 5.11. The Morgan fingerprint density at radius 2 is 2.29 bits per heavy atom. The zero-order chi connectivity index (χ0) is 12.1. The van der Waals surface area contributed by atoms with Crippen molar-refractivity contribution in [1.29, 1.82) is 5.26 Å². The molecule has 2 rings (SSSR count). The number of nitrogens with zero attached hydrogens (tertiary/aromatic N) is 3. The molecule has 0 radical (unpaired) electrons. The highest BCUT2D eigenvalue weighted by Gasteiger charge is 2.27. The summed E-state index contributed by atoms with van der Waals surface area (Å²) in [7, 11) is 0. The summed E-state index contributed by atoms with van der Waals surface area (Å²) in [5.74, 6) is 0.572. The second-order valence-corrected chi connectivity index (χ2v) is 4.68. The molecule has 5 heteroatoms. The molecule has 0 saturated carbocycles. The minimum atomic E-state index is 0.211. The third kappa shape index (κ3) is 2.92. The Bertz CT molecular complexity index is 421. The van der Waals surface area contributed by atoms with E-state index < -0.39 is 0 Å². The summed E-state index contributed by atoms with van der Waals surface area (Å²) in [5, 5.41) is 19.9. The van der Waals surface area contributed by atoms with Crippen LogP contribution in [-0.4, -0.2) is 30.0 Å². The number of nitrogens with one attached hydrogen (secondary N) is 1. The number of ether oxygens (including phenoxy) is 1. The molecule has 0 unspecified atom stereocenters. The lowest BCUT2D eigenvalue weighted by Gasteiger charge is -2.33. The molecule has 0 aliphatic carbocycles. The first-order valence-electron chi connectivity index (χ1n) is 5.77. The lowest BCUT2D eigenvalue weighted by Crippen LogP contribution is -2.33. The van der Waals surface area contributed by atoms with Gasteiger partial charge in [0.25, 0.3) is 0 Å². The fraction of sp³-hybridized carbons (Fsp3) is 0.583. The molecule has 0 amide bonds. The van der Waals surface area contributed by atoms with Gasteiger partial charge in [-0.2, -0.15) is 10.4 Å². The highest BCUT2D eigenvalue weighted by Crippen LogP contribution is 2.29. The van der Waals surface area contributed by atoms with Gasteiger partial charge in [0.15, 0.2) is 5.82 Å². The molecule has 90 valence electrons. The molecule has 17 heavy (non-hydrogen) atoms. The molecule has 0 spiro atoms. The topological polar surface area (TPSA) is 70.8 Å². The predicted octanol–water partition coefficient (Wildman–Crippen LogP) is 1.58. The molecule has 1 aromatic heterocycles. The number of nitriles is 1. The number of aromatic nitrogens is 2. The van der Waals surface area contributed by atoms with Gasteiger partial charge in [-0.1, -0.05) is 6.92 Å². The normalized spacial score (nSPS) is 18.4. The summed E-state index contributed by atoms with van der Waals surface area (Å²) in [4.78, 5) is 0. The number of hydrogen-bond donors (Lipinski definition) is 1. The Morgan fingerprint density at radius 3 is 3.00 bits per heavy atom. The van der Waals surface area contributed by atoms with E-state index in [1.807, 2.05) is 0 Å². The molecule has 1 N–H and O–H groups in total. The Balaban J connectivity index is 2.00. The van der Waals surface area contributed by atoms with E-state index in [0.717, 1.165) is 32.6 Å². The monoisotopic (exact) mass is 232 g/mol. The first-order chi connectivity index (χ1) is 8.23. The van der Waals surface area contributed by atoms with Crippen LogP contribution >= 0.6 is 0 Å². The molecule has 1 aromatic rings. The van der Waals surface area contributed by atoms with Crippen molar-refractivity contribution in [3.63, 3.8) is 0 Å². The summed E-state index contributed by atoms with van der Waals surface area (Å²) >= 11 is 0. The number of rotatable bonds is 3. The van der Waals surface area contributed by atoms with Gasteiger partial charge in [-0.3, -0.25) is 0 Å². The van der Waals surface area contributed by atoms with Gasteiger partial charge in [0, 0.05) is 19.8 Å². The van der Waals surface area contributed by atoms with E-state index in [-0.39, 0.29) is 5.41 Å². The Morgan fingerprint density at radius 1 is 1.53 bits per heavy atom. The van der Waals surface area contributed by atoms with E-state index in [0.29, 0.717) is 11.4 Å². The molecule has 0 bridgehead atoms. The lowest BCUT2D eigenvalue weighted by molar-refractivity contribution is 0.0299. The number of anilines is 1. The van der Waals surface area contributed by atoms with Crippen molar-refractivity contribution in [2.24, 2.45) is 5.41 Å². The second-order valence-electron chi connectivity index (χ2n) is 4.68. The standard InChI is InChI=1S/C12H16N4O/c1-12(3-6-17-7-4-12)9-14-11-10(8-13)2-5-15-16-11/h2,5H,3-4,6-7,9H2,1H3,(H,14,16). The van der Waals surface area contributed by atoms with Crippen LogP contribution in [0.4, 0.5) is 5.82 Å². The van der Waals surface area contributed by atoms with Crippen LogP contribution < -0.4 is 5.32 Å². The molecule has 0 atom stereocenters. The third-order valence-corrected chi connectivity index (χ3v) is 3.22. The van der Waals surface area contributed by atoms with Crippen molar-refractivity contribution < 1.29 is 4.74 Å². The van der Waals surface area contributed by atoms with Crippen molar-refractivity contribution in [3.05, 3.63) is 17.8 Å². The highest BCUT2D eigenvalue weighted by atomic mass is 16.5. The van der Waals surface area contributed by atoms with Crippen molar-refractivity contribution in [2.75, 3.05) is 25.1 Å². The summed E-state index contributed by atoms with van der Waals surface area (Å²) < 4.78 is 5.35. The van der Waals surface area contributed by atoms with Crippen LogP contribution in [0.5, 0.6) is 0 Å². The van der Waals surface area contributed by atoms with Crippen LogP contribution in [0.15, 0.2) is 12.3 Å². The van der Waals surface area contributed by atoms with Crippen molar-refractivity contribution in [2.45, 2.75) is 19.8 Å². The lowest BCUT2D eigenvalue weighted by atomic mass is 9.82.